The molecule has 2 nitrogen and oxygen atoms in total. The third-order valence-electron chi connectivity index (χ3n) is 4.24. The van der Waals surface area contributed by atoms with Crippen LogP contribution in [0.5, 0.6) is 0 Å². The van der Waals surface area contributed by atoms with Crippen LogP contribution >= 0.6 is 0 Å². The molecule has 3 rings (SSSR count). The number of fused-ring (bicyclic) bond motifs is 1. The van der Waals surface area contributed by atoms with Gasteiger partial charge in [-0.05, 0) is 30.5 Å². The van der Waals surface area contributed by atoms with Gasteiger partial charge in [-0.25, -0.2) is 0 Å². The Balaban J connectivity index is 1.77. The first-order valence-electron chi connectivity index (χ1n) is 6.79. The lowest BCUT2D eigenvalue weighted by Crippen LogP contribution is -2.45. The first-order chi connectivity index (χ1) is 8.40. The summed E-state index contributed by atoms with van der Waals surface area (Å²) >= 11 is 0. The van der Waals surface area contributed by atoms with Gasteiger partial charge in [-0.3, -0.25) is 0 Å². The third-order valence-corrected chi connectivity index (χ3v) is 4.24. The maximum Gasteiger partial charge on any atom is 0.0510 e. The molecule has 17 heavy (non-hydrogen) atoms. The van der Waals surface area contributed by atoms with E-state index >= 15 is 0 Å². The molecular formula is C15H21NO. The standard InChI is InChI=1S/C15H21NO/c1-2-16-15(12-7-8-17-10-12)14-9-11-5-3-4-6-13(11)14/h3-6,12,14-16H,2,7-10H2,1H3. The zero-order valence-corrected chi connectivity index (χ0v) is 10.5. The Morgan fingerprint density at radius 3 is 3.00 bits per heavy atom. The van der Waals surface area contributed by atoms with Gasteiger partial charge in [0.15, 0.2) is 0 Å². The highest BCUT2D eigenvalue weighted by Crippen LogP contribution is 2.40. The summed E-state index contributed by atoms with van der Waals surface area (Å²) in [6.07, 6.45) is 2.46. The number of rotatable bonds is 4. The molecule has 1 heterocycles. The van der Waals surface area contributed by atoms with E-state index in [1.807, 2.05) is 0 Å². The fraction of sp³-hybridized carbons (Fsp3) is 0.600. The molecule has 1 aromatic rings. The van der Waals surface area contributed by atoms with Crippen molar-refractivity contribution in [3.05, 3.63) is 35.4 Å². The van der Waals surface area contributed by atoms with Crippen LogP contribution < -0.4 is 5.32 Å². The van der Waals surface area contributed by atoms with Crippen LogP contribution in [-0.2, 0) is 11.2 Å². The van der Waals surface area contributed by atoms with Gasteiger partial charge in [0.1, 0.15) is 0 Å². The van der Waals surface area contributed by atoms with E-state index in [2.05, 4.69) is 36.5 Å². The normalized spacial score (nSPS) is 28.5. The highest BCUT2D eigenvalue weighted by molar-refractivity contribution is 5.41. The van der Waals surface area contributed by atoms with Crippen LogP contribution in [0.4, 0.5) is 0 Å². The zero-order valence-electron chi connectivity index (χ0n) is 10.5. The predicted molar refractivity (Wildman–Crippen MR) is 69.3 cm³/mol. The SMILES string of the molecule is CCNC(C1CCOC1)C1Cc2ccccc21. The van der Waals surface area contributed by atoms with Crippen LogP contribution in [0.3, 0.4) is 0 Å². The minimum Gasteiger partial charge on any atom is -0.381 e. The molecule has 2 aliphatic rings. The lowest BCUT2D eigenvalue weighted by atomic mass is 9.70. The van der Waals surface area contributed by atoms with Crippen LogP contribution in [0.25, 0.3) is 0 Å². The molecular weight excluding hydrogens is 210 g/mol. The minimum atomic E-state index is 0.609. The van der Waals surface area contributed by atoms with E-state index in [9.17, 15) is 0 Å². The molecule has 0 aromatic heterocycles. The summed E-state index contributed by atoms with van der Waals surface area (Å²) in [7, 11) is 0. The van der Waals surface area contributed by atoms with Crippen molar-refractivity contribution in [1.29, 1.82) is 0 Å². The Morgan fingerprint density at radius 2 is 2.29 bits per heavy atom. The first-order valence-corrected chi connectivity index (χ1v) is 6.79. The average Bonchev–Trinajstić information content (AvgIpc) is 2.83. The van der Waals surface area contributed by atoms with Crippen molar-refractivity contribution >= 4 is 0 Å². The van der Waals surface area contributed by atoms with Crippen molar-refractivity contribution < 1.29 is 4.74 Å². The number of likely N-dealkylation sites (N-methyl/N-ethyl adjacent to an activating group) is 1. The first kappa shape index (κ1) is 11.2. The summed E-state index contributed by atoms with van der Waals surface area (Å²) in [6.45, 7) is 5.14. The van der Waals surface area contributed by atoms with E-state index in [1.54, 1.807) is 11.1 Å². The smallest absolute Gasteiger partial charge is 0.0510 e. The van der Waals surface area contributed by atoms with E-state index in [0.29, 0.717) is 17.9 Å². The molecule has 1 aliphatic carbocycles. The molecule has 1 aliphatic heterocycles. The minimum absolute atomic E-state index is 0.609. The van der Waals surface area contributed by atoms with Gasteiger partial charge in [-0.2, -0.15) is 0 Å². The quantitative estimate of drug-likeness (QED) is 0.859. The van der Waals surface area contributed by atoms with Gasteiger partial charge in [-0.1, -0.05) is 31.2 Å². The summed E-state index contributed by atoms with van der Waals surface area (Å²) in [5, 5.41) is 3.69. The van der Waals surface area contributed by atoms with E-state index < -0.39 is 0 Å². The van der Waals surface area contributed by atoms with Gasteiger partial charge in [0.25, 0.3) is 0 Å². The Kier molecular flexibility index (Phi) is 3.17. The van der Waals surface area contributed by atoms with Crippen LogP contribution in [0.2, 0.25) is 0 Å². The maximum absolute atomic E-state index is 5.55. The molecule has 1 N–H and O–H groups in total. The molecule has 1 fully saturated rings. The van der Waals surface area contributed by atoms with E-state index in [0.717, 1.165) is 19.8 Å². The van der Waals surface area contributed by atoms with Crippen LogP contribution in [0.1, 0.15) is 30.4 Å². The average molecular weight is 231 g/mol. The maximum atomic E-state index is 5.55. The Morgan fingerprint density at radius 1 is 1.41 bits per heavy atom. The van der Waals surface area contributed by atoms with Crippen molar-refractivity contribution in [1.82, 2.24) is 5.32 Å². The molecule has 1 saturated heterocycles. The van der Waals surface area contributed by atoms with E-state index in [1.165, 1.54) is 12.8 Å². The third kappa shape index (κ3) is 2.00. The second kappa shape index (κ2) is 4.79. The highest BCUT2D eigenvalue weighted by Gasteiger charge is 2.37. The largest absolute Gasteiger partial charge is 0.381 e. The molecule has 3 unspecified atom stereocenters. The molecule has 0 spiro atoms. The van der Waals surface area contributed by atoms with Gasteiger partial charge >= 0.3 is 0 Å². The summed E-state index contributed by atoms with van der Waals surface area (Å²) in [6, 6.07) is 9.48. The van der Waals surface area contributed by atoms with Crippen molar-refractivity contribution in [3.8, 4) is 0 Å². The predicted octanol–water partition coefficient (Wildman–Crippen LogP) is 2.34. The van der Waals surface area contributed by atoms with Gasteiger partial charge in [0.2, 0.25) is 0 Å². The van der Waals surface area contributed by atoms with Gasteiger partial charge in [0, 0.05) is 24.5 Å². The molecule has 0 bridgehead atoms. The number of ether oxygens (including phenoxy) is 1. The summed E-state index contributed by atoms with van der Waals surface area (Å²) in [5.74, 6) is 1.41. The van der Waals surface area contributed by atoms with Crippen LogP contribution in [0.15, 0.2) is 24.3 Å². The fourth-order valence-electron chi connectivity index (χ4n) is 3.33. The van der Waals surface area contributed by atoms with Crippen LogP contribution in [0, 0.1) is 5.92 Å². The zero-order chi connectivity index (χ0) is 11.7. The Hall–Kier alpha value is -0.860. The van der Waals surface area contributed by atoms with Gasteiger partial charge < -0.3 is 10.1 Å². The van der Waals surface area contributed by atoms with E-state index in [4.69, 9.17) is 4.74 Å². The van der Waals surface area contributed by atoms with Crippen molar-refractivity contribution in [2.45, 2.75) is 31.7 Å². The molecule has 3 atom stereocenters. The van der Waals surface area contributed by atoms with Crippen LogP contribution in [-0.4, -0.2) is 25.8 Å². The number of hydrogen-bond donors (Lipinski definition) is 1. The summed E-state index contributed by atoms with van der Waals surface area (Å²) < 4.78 is 5.55. The molecule has 0 radical (unpaired) electrons. The molecule has 1 aromatic carbocycles. The topological polar surface area (TPSA) is 21.3 Å². The lowest BCUT2D eigenvalue weighted by molar-refractivity contribution is 0.170. The number of nitrogens with one attached hydrogen (secondary N) is 1. The van der Waals surface area contributed by atoms with Gasteiger partial charge in [-0.15, -0.1) is 0 Å². The number of benzene rings is 1. The summed E-state index contributed by atoms with van der Waals surface area (Å²) in [5.41, 5.74) is 3.10. The van der Waals surface area contributed by atoms with Crippen molar-refractivity contribution in [2.75, 3.05) is 19.8 Å². The number of hydrogen-bond acceptors (Lipinski definition) is 2. The summed E-state index contributed by atoms with van der Waals surface area (Å²) in [4.78, 5) is 0. The lowest BCUT2D eigenvalue weighted by Gasteiger charge is -2.39. The molecule has 2 heteroatoms. The van der Waals surface area contributed by atoms with Crippen molar-refractivity contribution in [3.63, 3.8) is 0 Å². The Labute approximate surface area is 103 Å². The van der Waals surface area contributed by atoms with Crippen molar-refractivity contribution in [2.24, 2.45) is 5.92 Å². The van der Waals surface area contributed by atoms with E-state index in [-0.39, 0.29) is 0 Å². The second-order valence-electron chi connectivity index (χ2n) is 5.22. The molecule has 0 saturated carbocycles. The fourth-order valence-corrected chi connectivity index (χ4v) is 3.33. The molecule has 0 amide bonds. The monoisotopic (exact) mass is 231 g/mol. The Bertz CT molecular complexity index is 384. The van der Waals surface area contributed by atoms with Gasteiger partial charge in [0.05, 0.1) is 6.61 Å². The highest BCUT2D eigenvalue weighted by atomic mass is 16.5. The molecule has 92 valence electrons. The second-order valence-corrected chi connectivity index (χ2v) is 5.22.